The molecule has 0 spiro atoms. The van der Waals surface area contributed by atoms with Gasteiger partial charge >= 0.3 is 29.6 Å². The standard InChI is InChI=1S/C26H53NO2.Na/c1-4-7-9-11-13-15-17-19-22-27(25(21-6-3)24-26(28)29)23-20-18-16-14-12-10-8-5-2;/h25H,4-24H2,1-3H3,(H,28,29);/q;+1/p-1. The zero-order valence-corrected chi connectivity index (χ0v) is 23.2. The van der Waals surface area contributed by atoms with Crippen LogP contribution in [0.3, 0.4) is 0 Å². The molecule has 0 saturated carbocycles. The molecule has 4 heteroatoms. The molecular formula is C26H52NNaO2. The molecule has 0 heterocycles. The first-order chi connectivity index (χ1) is 14.2. The van der Waals surface area contributed by atoms with Gasteiger partial charge in [0.15, 0.2) is 0 Å². The van der Waals surface area contributed by atoms with Crippen LogP contribution in [0.25, 0.3) is 0 Å². The van der Waals surface area contributed by atoms with E-state index in [9.17, 15) is 9.90 Å². The molecule has 0 aliphatic heterocycles. The number of hydrogen-bond donors (Lipinski definition) is 0. The van der Waals surface area contributed by atoms with Crippen LogP contribution < -0.4 is 34.7 Å². The van der Waals surface area contributed by atoms with Crippen LogP contribution >= 0.6 is 0 Å². The second-order valence-electron chi connectivity index (χ2n) is 9.00. The quantitative estimate of drug-likeness (QED) is 0.181. The average Bonchev–Trinajstić information content (AvgIpc) is 2.69. The normalized spacial score (nSPS) is 12.1. The van der Waals surface area contributed by atoms with Crippen LogP contribution in [-0.4, -0.2) is 30.0 Å². The number of aliphatic carboxylic acids is 1. The van der Waals surface area contributed by atoms with E-state index in [4.69, 9.17) is 0 Å². The maximum absolute atomic E-state index is 11.3. The molecule has 0 rings (SSSR count). The molecule has 1 unspecified atom stereocenters. The second-order valence-corrected chi connectivity index (χ2v) is 9.00. The van der Waals surface area contributed by atoms with Gasteiger partial charge in [0, 0.05) is 18.4 Å². The van der Waals surface area contributed by atoms with Gasteiger partial charge in [-0.2, -0.15) is 0 Å². The second kappa shape index (κ2) is 25.7. The van der Waals surface area contributed by atoms with Gasteiger partial charge in [0.25, 0.3) is 0 Å². The Morgan fingerprint density at radius 3 is 1.33 bits per heavy atom. The molecule has 0 aromatic rings. The van der Waals surface area contributed by atoms with Gasteiger partial charge in [0.2, 0.25) is 0 Å². The predicted molar refractivity (Wildman–Crippen MR) is 125 cm³/mol. The van der Waals surface area contributed by atoms with E-state index in [1.54, 1.807) is 0 Å². The zero-order chi connectivity index (χ0) is 21.6. The fourth-order valence-corrected chi connectivity index (χ4v) is 4.31. The first-order valence-corrected chi connectivity index (χ1v) is 13.1. The van der Waals surface area contributed by atoms with Gasteiger partial charge in [-0.1, -0.05) is 117 Å². The minimum absolute atomic E-state index is 0. The van der Waals surface area contributed by atoms with E-state index >= 15 is 0 Å². The van der Waals surface area contributed by atoms with E-state index in [0.29, 0.717) is 0 Å². The number of unbranched alkanes of at least 4 members (excludes halogenated alkanes) is 14. The number of carbonyl (C=O) groups is 1. The van der Waals surface area contributed by atoms with Gasteiger partial charge in [0.1, 0.15) is 0 Å². The van der Waals surface area contributed by atoms with Crippen LogP contribution in [-0.2, 0) is 4.79 Å². The van der Waals surface area contributed by atoms with E-state index in [1.165, 1.54) is 103 Å². The van der Waals surface area contributed by atoms with E-state index < -0.39 is 5.97 Å². The van der Waals surface area contributed by atoms with Crippen molar-refractivity contribution in [2.45, 2.75) is 149 Å². The molecule has 0 aliphatic rings. The number of rotatable bonds is 23. The van der Waals surface area contributed by atoms with Crippen molar-refractivity contribution < 1.29 is 39.5 Å². The Kier molecular flexibility index (Phi) is 27.9. The van der Waals surface area contributed by atoms with Gasteiger partial charge in [0.05, 0.1) is 0 Å². The van der Waals surface area contributed by atoms with Crippen LogP contribution in [0.15, 0.2) is 0 Å². The van der Waals surface area contributed by atoms with Crippen LogP contribution in [0.1, 0.15) is 143 Å². The van der Waals surface area contributed by atoms with Crippen LogP contribution in [0.5, 0.6) is 0 Å². The van der Waals surface area contributed by atoms with Gasteiger partial charge in [-0.15, -0.1) is 0 Å². The van der Waals surface area contributed by atoms with Crippen LogP contribution in [0.4, 0.5) is 0 Å². The Morgan fingerprint density at radius 1 is 0.633 bits per heavy atom. The molecule has 0 amide bonds. The van der Waals surface area contributed by atoms with Crippen molar-refractivity contribution in [2.75, 3.05) is 13.1 Å². The van der Waals surface area contributed by atoms with Crippen molar-refractivity contribution in [1.82, 2.24) is 4.90 Å². The number of carboxylic acids is 1. The molecule has 0 saturated heterocycles. The summed E-state index contributed by atoms with van der Waals surface area (Å²) in [6.45, 7) is 8.81. The van der Waals surface area contributed by atoms with Crippen LogP contribution in [0, 0.1) is 0 Å². The molecule has 1 atom stereocenters. The van der Waals surface area contributed by atoms with Gasteiger partial charge in [-0.25, -0.2) is 0 Å². The monoisotopic (exact) mass is 433 g/mol. The minimum Gasteiger partial charge on any atom is -0.550 e. The summed E-state index contributed by atoms with van der Waals surface area (Å²) in [5.74, 6) is -0.889. The summed E-state index contributed by atoms with van der Waals surface area (Å²) in [4.78, 5) is 13.7. The number of nitrogens with zero attached hydrogens (tertiary/aromatic N) is 1. The molecule has 0 aliphatic carbocycles. The Balaban J connectivity index is 0. The molecule has 0 aromatic heterocycles. The Bertz CT molecular complexity index is 332. The van der Waals surface area contributed by atoms with Crippen molar-refractivity contribution in [3.8, 4) is 0 Å². The van der Waals surface area contributed by atoms with E-state index in [2.05, 4.69) is 25.7 Å². The Labute approximate surface area is 211 Å². The van der Waals surface area contributed by atoms with E-state index in [0.717, 1.165) is 25.9 Å². The molecule has 3 nitrogen and oxygen atoms in total. The fourth-order valence-electron chi connectivity index (χ4n) is 4.31. The third-order valence-electron chi connectivity index (χ3n) is 6.14. The van der Waals surface area contributed by atoms with Crippen molar-refractivity contribution in [1.29, 1.82) is 0 Å². The van der Waals surface area contributed by atoms with Crippen molar-refractivity contribution >= 4 is 5.97 Å². The molecule has 0 N–H and O–H groups in total. The van der Waals surface area contributed by atoms with E-state index in [1.807, 2.05) is 0 Å². The van der Waals surface area contributed by atoms with Gasteiger partial charge in [-0.05, 0) is 32.4 Å². The molecule has 0 radical (unpaired) electrons. The smallest absolute Gasteiger partial charge is 0.550 e. The summed E-state index contributed by atoms with van der Waals surface area (Å²) >= 11 is 0. The maximum atomic E-state index is 11.3. The number of carbonyl (C=O) groups excluding carboxylic acids is 1. The summed E-state index contributed by atoms with van der Waals surface area (Å²) in [5, 5.41) is 11.3. The first-order valence-electron chi connectivity index (χ1n) is 13.1. The summed E-state index contributed by atoms with van der Waals surface area (Å²) in [6.07, 6.45) is 23.4. The maximum Gasteiger partial charge on any atom is 1.00 e. The zero-order valence-electron chi connectivity index (χ0n) is 21.2. The summed E-state index contributed by atoms with van der Waals surface area (Å²) in [5.41, 5.74) is 0. The predicted octanol–water partition coefficient (Wildman–Crippen LogP) is 3.88. The van der Waals surface area contributed by atoms with E-state index in [-0.39, 0.29) is 42.0 Å². The summed E-state index contributed by atoms with van der Waals surface area (Å²) in [6, 6.07) is 0.166. The number of carboxylic acid groups (broad SMARTS) is 1. The average molecular weight is 434 g/mol. The molecule has 0 fully saturated rings. The van der Waals surface area contributed by atoms with Crippen molar-refractivity contribution in [3.05, 3.63) is 0 Å². The van der Waals surface area contributed by atoms with Crippen LogP contribution in [0.2, 0.25) is 0 Å². The topological polar surface area (TPSA) is 43.4 Å². The molecule has 0 aromatic carbocycles. The molecular weight excluding hydrogens is 381 g/mol. The summed E-state index contributed by atoms with van der Waals surface area (Å²) < 4.78 is 0. The first kappa shape index (κ1) is 32.6. The SMILES string of the molecule is CCCCCCCCCCN(CCCCCCCCCC)C(CCC)CC(=O)[O-].[Na+]. The van der Waals surface area contributed by atoms with Gasteiger partial charge in [-0.3, -0.25) is 0 Å². The Morgan fingerprint density at radius 2 is 1.00 bits per heavy atom. The fraction of sp³-hybridized carbons (Fsp3) is 0.962. The Hall–Kier alpha value is 0.430. The van der Waals surface area contributed by atoms with Gasteiger partial charge < -0.3 is 14.8 Å². The minimum atomic E-state index is -0.889. The summed E-state index contributed by atoms with van der Waals surface area (Å²) in [7, 11) is 0. The molecule has 30 heavy (non-hydrogen) atoms. The third-order valence-corrected chi connectivity index (χ3v) is 6.14. The third kappa shape index (κ3) is 21.7. The van der Waals surface area contributed by atoms with Crippen molar-refractivity contribution in [3.63, 3.8) is 0 Å². The molecule has 174 valence electrons. The largest absolute Gasteiger partial charge is 1.00 e. The van der Waals surface area contributed by atoms with Crippen molar-refractivity contribution in [2.24, 2.45) is 0 Å². The number of hydrogen-bond acceptors (Lipinski definition) is 3. The molecule has 0 bridgehead atoms.